The van der Waals surface area contributed by atoms with E-state index in [1.165, 1.54) is 23.5 Å². The van der Waals surface area contributed by atoms with Crippen molar-refractivity contribution in [2.45, 2.75) is 57.6 Å². The summed E-state index contributed by atoms with van der Waals surface area (Å²) in [6.45, 7) is 0.507. The average molecular weight is 827 g/mol. The van der Waals surface area contributed by atoms with Crippen molar-refractivity contribution < 1.29 is 58.3 Å². The summed E-state index contributed by atoms with van der Waals surface area (Å²) in [6, 6.07) is 27.6. The Morgan fingerprint density at radius 2 is 0.810 bits per heavy atom. The van der Waals surface area contributed by atoms with Gasteiger partial charge in [-0.2, -0.15) is 0 Å². The highest BCUT2D eigenvalue weighted by atomic mass is 32.2. The first-order valence-electron chi connectivity index (χ1n) is 19.1. The van der Waals surface area contributed by atoms with Crippen molar-refractivity contribution in [3.05, 3.63) is 129 Å². The highest BCUT2D eigenvalue weighted by Crippen LogP contribution is 2.58. The van der Waals surface area contributed by atoms with Crippen LogP contribution in [0.4, 0.5) is 0 Å². The third-order valence-corrected chi connectivity index (χ3v) is 12.8. The molecule has 4 aliphatic rings. The molecule has 0 fully saturated rings. The van der Waals surface area contributed by atoms with E-state index in [4.69, 9.17) is 37.9 Å². The first kappa shape index (κ1) is 39.2. The molecular formula is C44H42O12S2. The topological polar surface area (TPSA) is 155 Å². The molecular weight excluding hydrogens is 785 g/mol. The summed E-state index contributed by atoms with van der Waals surface area (Å²) in [4.78, 5) is 3.36. The van der Waals surface area contributed by atoms with Gasteiger partial charge in [-0.25, -0.2) is 0 Å². The largest absolute Gasteiger partial charge is 0.487 e. The van der Waals surface area contributed by atoms with Gasteiger partial charge in [-0.1, -0.05) is 72.1 Å². The lowest BCUT2D eigenvalue weighted by molar-refractivity contribution is -0.229. The van der Waals surface area contributed by atoms with Gasteiger partial charge in [-0.3, -0.25) is 0 Å². The second kappa shape index (κ2) is 16.7. The fourth-order valence-corrected chi connectivity index (χ4v) is 10.3. The third-order valence-electron chi connectivity index (χ3n) is 10.4. The van der Waals surface area contributed by atoms with Gasteiger partial charge in [0.05, 0.1) is 62.6 Å². The van der Waals surface area contributed by atoms with Gasteiger partial charge in [0.1, 0.15) is 26.4 Å². The van der Waals surface area contributed by atoms with Gasteiger partial charge in [-0.15, -0.1) is 0 Å². The van der Waals surface area contributed by atoms with Crippen LogP contribution in [0.3, 0.4) is 0 Å². The fourth-order valence-electron chi connectivity index (χ4n) is 7.83. The average Bonchev–Trinajstić information content (AvgIpc) is 3.56. The van der Waals surface area contributed by atoms with Crippen LogP contribution in [0.15, 0.2) is 105 Å². The molecule has 5 aromatic rings. The van der Waals surface area contributed by atoms with Crippen molar-refractivity contribution >= 4 is 23.5 Å². The minimum absolute atomic E-state index is 0.0556. The van der Waals surface area contributed by atoms with Gasteiger partial charge in [0.25, 0.3) is 0 Å². The highest BCUT2D eigenvalue weighted by Gasteiger charge is 2.49. The Bertz CT molecular complexity index is 2120. The summed E-state index contributed by atoms with van der Waals surface area (Å²) in [7, 11) is 0. The van der Waals surface area contributed by atoms with Gasteiger partial charge < -0.3 is 58.3 Å². The van der Waals surface area contributed by atoms with Gasteiger partial charge in [-0.05, 0) is 58.7 Å². The van der Waals surface area contributed by atoms with E-state index in [9.17, 15) is 20.4 Å². The van der Waals surface area contributed by atoms with E-state index >= 15 is 0 Å². The Morgan fingerprint density at radius 1 is 0.448 bits per heavy atom. The third kappa shape index (κ3) is 6.80. The molecule has 12 nitrogen and oxygen atoms in total. The number of benzene rings is 5. The minimum atomic E-state index is -1.29. The molecule has 0 unspecified atom stereocenters. The van der Waals surface area contributed by atoms with Crippen molar-refractivity contribution in [3.63, 3.8) is 0 Å². The summed E-state index contributed by atoms with van der Waals surface area (Å²) in [5, 5.41) is 38.3. The summed E-state index contributed by atoms with van der Waals surface area (Å²) >= 11 is 3.04. The molecule has 4 N–H and O–H groups in total. The Kier molecular flexibility index (Phi) is 11.3. The van der Waals surface area contributed by atoms with Crippen LogP contribution in [0.2, 0.25) is 0 Å². The van der Waals surface area contributed by atoms with Crippen LogP contribution in [-0.2, 0) is 56.9 Å². The van der Waals surface area contributed by atoms with Crippen molar-refractivity contribution in [2.24, 2.45) is 0 Å². The van der Waals surface area contributed by atoms with Gasteiger partial charge in [0.15, 0.2) is 23.0 Å². The number of ether oxygens (including phenoxy) is 8. The maximum Gasteiger partial charge on any atom is 0.225 e. The molecule has 0 aliphatic carbocycles. The second-order valence-corrected chi connectivity index (χ2v) is 15.9. The molecule has 0 aromatic heterocycles. The van der Waals surface area contributed by atoms with Crippen LogP contribution >= 0.6 is 23.5 Å². The normalized spacial score (nSPS) is 16.8. The van der Waals surface area contributed by atoms with E-state index in [1.807, 2.05) is 60.7 Å². The van der Waals surface area contributed by atoms with E-state index in [2.05, 4.69) is 12.1 Å². The van der Waals surface area contributed by atoms with E-state index < -0.39 is 11.6 Å². The first-order valence-corrected chi connectivity index (χ1v) is 20.7. The molecule has 14 heteroatoms. The molecule has 0 atom stereocenters. The van der Waals surface area contributed by atoms with Crippen LogP contribution in [-0.4, -0.2) is 73.3 Å². The lowest BCUT2D eigenvalue weighted by atomic mass is 9.95. The van der Waals surface area contributed by atoms with Crippen molar-refractivity contribution in [1.82, 2.24) is 0 Å². The molecule has 58 heavy (non-hydrogen) atoms. The van der Waals surface area contributed by atoms with Gasteiger partial charge in [0.2, 0.25) is 11.6 Å². The van der Waals surface area contributed by atoms with Gasteiger partial charge >= 0.3 is 0 Å². The zero-order valence-corrected chi connectivity index (χ0v) is 33.1. The number of aliphatic hydroxyl groups excluding tert-OH is 4. The molecule has 0 saturated heterocycles. The molecule has 9 rings (SSSR count). The summed E-state index contributed by atoms with van der Waals surface area (Å²) in [5.74, 6) is -0.776. The maximum atomic E-state index is 9.67. The number of rotatable bonds is 12. The van der Waals surface area contributed by atoms with Crippen LogP contribution in [0, 0.1) is 0 Å². The van der Waals surface area contributed by atoms with Crippen LogP contribution in [0.5, 0.6) is 23.0 Å². The Labute approximate surface area is 343 Å². The van der Waals surface area contributed by atoms with E-state index in [-0.39, 0.29) is 79.3 Å². The summed E-state index contributed by atoms with van der Waals surface area (Å²) in [5.41, 5.74) is 7.07. The molecule has 0 radical (unpaired) electrons. The van der Waals surface area contributed by atoms with Crippen LogP contribution in [0.1, 0.15) is 44.5 Å². The lowest BCUT2D eigenvalue weighted by Crippen LogP contribution is -2.36. The zero-order chi connectivity index (χ0) is 39.7. The zero-order valence-electron chi connectivity index (χ0n) is 31.4. The van der Waals surface area contributed by atoms with Crippen molar-refractivity contribution in [1.29, 1.82) is 0 Å². The lowest BCUT2D eigenvalue weighted by Gasteiger charge is -2.39. The highest BCUT2D eigenvalue weighted by molar-refractivity contribution is 8.00. The van der Waals surface area contributed by atoms with E-state index in [0.29, 0.717) is 23.0 Å². The monoisotopic (exact) mass is 826 g/mol. The van der Waals surface area contributed by atoms with Crippen LogP contribution in [0.25, 0.3) is 0 Å². The smallest absolute Gasteiger partial charge is 0.225 e. The molecule has 302 valence electrons. The molecule has 4 heterocycles. The standard InChI is InChI=1S/C44H42O12S2/c45-13-17-49-35-11-9-33-41(39(35)51-19-15-47)57-37-7-3-1-5-31(37)43(33)53-23-27-21-29-25-55-44(56-26-30(29)22-28(27)24-54-43)32-6-2-4-8-38(32)58-42-34(44)10-12-36(50-18-14-46)40(42)52-20-16-48/h1-12,21-22,45-48H,13-20,23-26H2. The SMILES string of the molecule is OCCOc1ccc2c(c1OCCO)Sc1ccccc1C21OCc2cc3c(cc2CO1)COC1(OC3)c2ccccc2Sc2c1ccc(OCCO)c2OCCO. The van der Waals surface area contributed by atoms with E-state index in [0.717, 1.165) is 64.1 Å². The number of hydrogen-bond acceptors (Lipinski definition) is 14. The first-order chi connectivity index (χ1) is 28.5. The molecule has 4 aliphatic heterocycles. The Hall–Kier alpha value is -4.32. The van der Waals surface area contributed by atoms with Crippen molar-refractivity contribution in [2.75, 3.05) is 52.9 Å². The maximum absolute atomic E-state index is 9.67. The quantitative estimate of drug-likeness (QED) is 0.116. The molecule has 0 amide bonds. The predicted molar refractivity (Wildman–Crippen MR) is 211 cm³/mol. The number of aliphatic hydroxyl groups is 4. The summed E-state index contributed by atoms with van der Waals surface area (Å²) < 4.78 is 51.7. The number of hydrogen-bond donors (Lipinski definition) is 4. The molecule has 5 aromatic carbocycles. The predicted octanol–water partition coefficient (Wildman–Crippen LogP) is 6.00. The fraction of sp³-hybridized carbons (Fsp3) is 0.318. The van der Waals surface area contributed by atoms with E-state index in [1.54, 1.807) is 12.1 Å². The van der Waals surface area contributed by atoms with Gasteiger partial charge in [0, 0.05) is 32.0 Å². The van der Waals surface area contributed by atoms with Crippen LogP contribution < -0.4 is 18.9 Å². The van der Waals surface area contributed by atoms with Crippen molar-refractivity contribution in [3.8, 4) is 23.0 Å². The second-order valence-electron chi connectivity index (χ2n) is 13.8. The Balaban J connectivity index is 1.07. The molecule has 0 saturated carbocycles. The summed E-state index contributed by atoms with van der Waals surface area (Å²) in [6.07, 6.45) is 0. The molecule has 2 spiro atoms. The minimum Gasteiger partial charge on any atom is -0.487 e. The molecule has 0 bridgehead atoms. The Morgan fingerprint density at radius 3 is 1.19 bits per heavy atom. The number of fused-ring (bicyclic) bond motifs is 10.